The summed E-state index contributed by atoms with van der Waals surface area (Å²) in [4.78, 5) is 13.1. The first-order valence-corrected chi connectivity index (χ1v) is 9.52. The van der Waals surface area contributed by atoms with Crippen LogP contribution >= 0.6 is 0 Å². The van der Waals surface area contributed by atoms with Gasteiger partial charge in [-0.15, -0.1) is 0 Å². The summed E-state index contributed by atoms with van der Waals surface area (Å²) in [5.41, 5.74) is 1.79. The van der Waals surface area contributed by atoms with Gasteiger partial charge in [0.1, 0.15) is 0 Å². The number of hydrogen-bond donors (Lipinski definition) is 1. The summed E-state index contributed by atoms with van der Waals surface area (Å²) in [5, 5.41) is 11.5. The molecule has 138 valence electrons. The highest BCUT2D eigenvalue weighted by atomic mass is 16.5. The normalized spacial score (nSPS) is 36.0. The second-order valence-electron chi connectivity index (χ2n) is 8.40. The molecule has 0 aromatic heterocycles. The zero-order valence-electron chi connectivity index (χ0n) is 15.6. The zero-order chi connectivity index (χ0) is 18.7. The van der Waals surface area contributed by atoms with Crippen molar-refractivity contribution in [2.45, 2.75) is 32.3 Å². The fourth-order valence-corrected chi connectivity index (χ4v) is 5.69. The lowest BCUT2D eigenvalue weighted by molar-refractivity contribution is -0.176. The number of hydrogen-bond acceptors (Lipinski definition) is 4. The van der Waals surface area contributed by atoms with E-state index in [0.717, 1.165) is 29.9 Å². The Morgan fingerprint density at radius 2 is 1.70 bits per heavy atom. The fraction of sp³-hybridized carbons (Fsp3) is 0.409. The molecule has 2 aliphatic heterocycles. The van der Waals surface area contributed by atoms with Crippen LogP contribution in [0.25, 0.3) is 0 Å². The van der Waals surface area contributed by atoms with Crippen molar-refractivity contribution in [3.05, 3.63) is 54.6 Å². The number of amides is 1. The van der Waals surface area contributed by atoms with Crippen LogP contribution in [0, 0.1) is 16.7 Å². The van der Waals surface area contributed by atoms with Gasteiger partial charge in [-0.1, -0.05) is 32.0 Å². The Labute approximate surface area is 158 Å². The Bertz CT molecular complexity index is 926. The first-order valence-electron chi connectivity index (χ1n) is 9.52. The van der Waals surface area contributed by atoms with Gasteiger partial charge in [-0.05, 0) is 49.2 Å². The van der Waals surface area contributed by atoms with Crippen molar-refractivity contribution in [1.29, 1.82) is 0 Å². The monoisotopic (exact) mass is 361 g/mol. The largest absolute Gasteiger partial charge is 0.364 e. The molecule has 27 heavy (non-hydrogen) atoms. The Morgan fingerprint density at radius 3 is 2.33 bits per heavy atom. The lowest BCUT2D eigenvalue weighted by Gasteiger charge is -2.58. The summed E-state index contributed by atoms with van der Waals surface area (Å²) in [6.07, 6.45) is 2.15. The standard InChI is InChI=1S/C22H23N3O2/c1-20-14-27-22(18(20)12-13-21(20,22)2)19(26)23-15-8-10-17(11-9-15)25-24-16-6-4-3-5-7-16/h3-11,18H,12-14H2,1-2H3,(H,23,26)/t18-,20-,21+,22-/m0/s1. The van der Waals surface area contributed by atoms with E-state index in [4.69, 9.17) is 4.74 Å². The van der Waals surface area contributed by atoms with Crippen molar-refractivity contribution in [2.24, 2.45) is 27.0 Å². The van der Waals surface area contributed by atoms with Crippen LogP contribution < -0.4 is 5.32 Å². The second kappa shape index (κ2) is 5.49. The van der Waals surface area contributed by atoms with Gasteiger partial charge in [0, 0.05) is 22.4 Å². The van der Waals surface area contributed by atoms with Crippen LogP contribution in [-0.2, 0) is 9.53 Å². The molecule has 0 unspecified atom stereocenters. The maximum absolute atomic E-state index is 13.1. The van der Waals surface area contributed by atoms with Crippen molar-refractivity contribution >= 4 is 23.0 Å². The molecule has 7 rings (SSSR count). The lowest BCUT2D eigenvalue weighted by Crippen LogP contribution is -2.69. The molecule has 3 aliphatic carbocycles. The third-order valence-corrected chi connectivity index (χ3v) is 7.37. The van der Waals surface area contributed by atoms with E-state index >= 15 is 0 Å². The maximum Gasteiger partial charge on any atom is 0.257 e. The molecule has 4 bridgehead atoms. The van der Waals surface area contributed by atoms with Crippen LogP contribution in [0.5, 0.6) is 0 Å². The van der Waals surface area contributed by atoms with Crippen molar-refractivity contribution < 1.29 is 9.53 Å². The molecule has 5 nitrogen and oxygen atoms in total. The topological polar surface area (TPSA) is 63.0 Å². The Balaban J connectivity index is 1.30. The average Bonchev–Trinajstić information content (AvgIpc) is 3.34. The average molecular weight is 361 g/mol. The summed E-state index contributed by atoms with van der Waals surface area (Å²) in [5.74, 6) is 0.343. The van der Waals surface area contributed by atoms with Crippen LogP contribution in [0.4, 0.5) is 17.1 Å². The predicted molar refractivity (Wildman–Crippen MR) is 103 cm³/mol. The molecule has 1 N–H and O–H groups in total. The molecule has 5 heteroatoms. The molecule has 5 fully saturated rings. The number of fused-ring (bicyclic) bond motifs is 2. The van der Waals surface area contributed by atoms with E-state index in [2.05, 4.69) is 29.4 Å². The van der Waals surface area contributed by atoms with Crippen LogP contribution in [-0.4, -0.2) is 18.1 Å². The number of nitrogens with zero attached hydrogens (tertiary/aromatic N) is 2. The van der Waals surface area contributed by atoms with Gasteiger partial charge < -0.3 is 10.1 Å². The van der Waals surface area contributed by atoms with E-state index in [1.807, 2.05) is 54.6 Å². The third-order valence-electron chi connectivity index (χ3n) is 7.37. The molecular weight excluding hydrogens is 338 g/mol. The minimum Gasteiger partial charge on any atom is -0.364 e. The molecule has 2 saturated heterocycles. The summed E-state index contributed by atoms with van der Waals surface area (Å²) in [6.45, 7) is 5.19. The van der Waals surface area contributed by atoms with Gasteiger partial charge in [0.2, 0.25) is 0 Å². The van der Waals surface area contributed by atoms with Gasteiger partial charge in [-0.3, -0.25) is 4.79 Å². The molecule has 2 heterocycles. The number of ether oxygens (including phenoxy) is 1. The first-order chi connectivity index (χ1) is 13.0. The smallest absolute Gasteiger partial charge is 0.257 e. The third kappa shape index (κ3) is 2.00. The van der Waals surface area contributed by atoms with Gasteiger partial charge in [-0.25, -0.2) is 0 Å². The number of carbonyl (C=O) groups is 1. The van der Waals surface area contributed by atoms with Gasteiger partial charge in [0.25, 0.3) is 5.91 Å². The van der Waals surface area contributed by atoms with Crippen LogP contribution in [0.3, 0.4) is 0 Å². The van der Waals surface area contributed by atoms with Gasteiger partial charge >= 0.3 is 0 Å². The van der Waals surface area contributed by atoms with E-state index in [9.17, 15) is 4.79 Å². The summed E-state index contributed by atoms with van der Waals surface area (Å²) >= 11 is 0. The number of anilines is 1. The predicted octanol–water partition coefficient (Wildman–Crippen LogP) is 5.25. The molecule has 4 atom stereocenters. The number of rotatable bonds is 4. The van der Waals surface area contributed by atoms with Gasteiger partial charge in [0.15, 0.2) is 5.60 Å². The molecule has 2 aromatic rings. The van der Waals surface area contributed by atoms with Crippen LogP contribution in [0.15, 0.2) is 64.8 Å². The Morgan fingerprint density at radius 1 is 1.04 bits per heavy atom. The minimum absolute atomic E-state index is 0.00105. The molecular formula is C22H23N3O2. The highest BCUT2D eigenvalue weighted by Crippen LogP contribution is 2.81. The van der Waals surface area contributed by atoms with E-state index in [1.54, 1.807) is 0 Å². The number of azo groups is 1. The molecule has 1 amide bonds. The SMILES string of the molecule is C[C@@]12CC[C@H]3[C@]1(C)CO[C@]32C(=O)Nc1ccc(N=Nc2ccccc2)cc1. The van der Waals surface area contributed by atoms with Crippen LogP contribution in [0.1, 0.15) is 26.7 Å². The Hall–Kier alpha value is -2.53. The second-order valence-corrected chi connectivity index (χ2v) is 8.40. The highest BCUT2D eigenvalue weighted by molar-refractivity contribution is 6.00. The number of benzene rings is 2. The maximum atomic E-state index is 13.1. The first kappa shape index (κ1) is 16.6. The summed E-state index contributed by atoms with van der Waals surface area (Å²) in [6, 6.07) is 17.1. The van der Waals surface area contributed by atoms with Crippen LogP contribution in [0.2, 0.25) is 0 Å². The molecule has 2 aromatic carbocycles. The summed E-state index contributed by atoms with van der Waals surface area (Å²) in [7, 11) is 0. The van der Waals surface area contributed by atoms with Gasteiger partial charge in [0.05, 0.1) is 18.0 Å². The zero-order valence-corrected chi connectivity index (χ0v) is 15.6. The van der Waals surface area contributed by atoms with Crippen molar-refractivity contribution in [3.8, 4) is 0 Å². The molecule has 5 aliphatic rings. The number of nitrogens with one attached hydrogen (secondary N) is 1. The highest BCUT2D eigenvalue weighted by Gasteiger charge is 2.87. The van der Waals surface area contributed by atoms with E-state index in [0.29, 0.717) is 12.5 Å². The molecule has 0 radical (unpaired) electrons. The van der Waals surface area contributed by atoms with E-state index in [-0.39, 0.29) is 16.7 Å². The number of carbonyl (C=O) groups excluding carboxylic acids is 1. The van der Waals surface area contributed by atoms with E-state index in [1.165, 1.54) is 0 Å². The van der Waals surface area contributed by atoms with E-state index < -0.39 is 5.60 Å². The summed E-state index contributed by atoms with van der Waals surface area (Å²) < 4.78 is 6.11. The lowest BCUT2D eigenvalue weighted by atomic mass is 9.44. The van der Waals surface area contributed by atoms with Crippen molar-refractivity contribution in [2.75, 3.05) is 11.9 Å². The molecule has 0 spiro atoms. The van der Waals surface area contributed by atoms with Crippen molar-refractivity contribution in [1.82, 2.24) is 0 Å². The molecule has 3 saturated carbocycles. The Kier molecular flexibility index (Phi) is 3.38. The minimum atomic E-state index is -0.645. The van der Waals surface area contributed by atoms with Gasteiger partial charge in [-0.2, -0.15) is 10.2 Å². The van der Waals surface area contributed by atoms with Crippen molar-refractivity contribution in [3.63, 3.8) is 0 Å². The quantitative estimate of drug-likeness (QED) is 0.756. The fourth-order valence-electron chi connectivity index (χ4n) is 5.69.